The van der Waals surface area contributed by atoms with E-state index in [0.717, 1.165) is 11.3 Å². The van der Waals surface area contributed by atoms with E-state index < -0.39 is 0 Å². The number of rotatable bonds is 4. The number of likely N-dealkylation sites (tertiary alicyclic amines) is 1. The smallest absolute Gasteiger partial charge is 0.230 e. The Balaban J connectivity index is 1.60. The standard InChI is InChI=1S/C16H17N3O3/c1-11-4-5-14(17-8-11)18-16(21)12-7-15(20)19(9-12)10-13-3-2-6-22-13/h2-6,8,12H,7,9-10H2,1H3,(H,17,18,21)/t12-/m0/s1. The molecule has 0 saturated carbocycles. The van der Waals surface area contributed by atoms with Crippen molar-refractivity contribution in [2.24, 2.45) is 5.92 Å². The van der Waals surface area contributed by atoms with Gasteiger partial charge in [-0.05, 0) is 30.7 Å². The van der Waals surface area contributed by atoms with Crippen LogP contribution in [-0.4, -0.2) is 28.2 Å². The van der Waals surface area contributed by atoms with Gasteiger partial charge in [0, 0.05) is 19.2 Å². The Bertz CT molecular complexity index is 664. The van der Waals surface area contributed by atoms with Crippen LogP contribution in [0.1, 0.15) is 17.7 Å². The van der Waals surface area contributed by atoms with Crippen LogP contribution in [0, 0.1) is 12.8 Å². The highest BCUT2D eigenvalue weighted by Gasteiger charge is 2.34. The third kappa shape index (κ3) is 3.16. The molecule has 0 unspecified atom stereocenters. The Morgan fingerprint density at radius 3 is 3.00 bits per heavy atom. The second kappa shape index (κ2) is 6.01. The van der Waals surface area contributed by atoms with Gasteiger partial charge in [0.25, 0.3) is 0 Å². The van der Waals surface area contributed by atoms with Crippen molar-refractivity contribution in [3.63, 3.8) is 0 Å². The third-order valence-corrected chi connectivity index (χ3v) is 3.67. The van der Waals surface area contributed by atoms with Crippen molar-refractivity contribution in [1.82, 2.24) is 9.88 Å². The molecular formula is C16H17N3O3. The zero-order chi connectivity index (χ0) is 15.5. The molecule has 6 nitrogen and oxygen atoms in total. The van der Waals surface area contributed by atoms with Gasteiger partial charge in [0.05, 0.1) is 18.7 Å². The summed E-state index contributed by atoms with van der Waals surface area (Å²) in [6.07, 6.45) is 3.49. The maximum absolute atomic E-state index is 12.2. The Labute approximate surface area is 128 Å². The number of aryl methyl sites for hydroxylation is 1. The van der Waals surface area contributed by atoms with Gasteiger partial charge in [-0.15, -0.1) is 0 Å². The lowest BCUT2D eigenvalue weighted by Gasteiger charge is -2.14. The molecule has 1 saturated heterocycles. The number of carbonyl (C=O) groups excluding carboxylic acids is 2. The van der Waals surface area contributed by atoms with E-state index in [0.29, 0.717) is 18.9 Å². The Hall–Kier alpha value is -2.63. The maximum Gasteiger partial charge on any atom is 0.230 e. The van der Waals surface area contributed by atoms with Crippen molar-refractivity contribution in [3.8, 4) is 0 Å². The molecule has 1 fully saturated rings. The summed E-state index contributed by atoms with van der Waals surface area (Å²) >= 11 is 0. The first kappa shape index (κ1) is 14.3. The lowest BCUT2D eigenvalue weighted by molar-refractivity contribution is -0.128. The van der Waals surface area contributed by atoms with E-state index >= 15 is 0 Å². The predicted octanol–water partition coefficient (Wildman–Crippen LogP) is 1.97. The highest BCUT2D eigenvalue weighted by atomic mass is 16.3. The predicted molar refractivity (Wildman–Crippen MR) is 79.8 cm³/mol. The third-order valence-electron chi connectivity index (χ3n) is 3.67. The molecule has 3 rings (SSSR count). The minimum Gasteiger partial charge on any atom is -0.467 e. The van der Waals surface area contributed by atoms with Crippen molar-refractivity contribution in [3.05, 3.63) is 48.0 Å². The summed E-state index contributed by atoms with van der Waals surface area (Å²) in [5.74, 6) is 0.660. The van der Waals surface area contributed by atoms with Crippen molar-refractivity contribution >= 4 is 17.6 Å². The summed E-state index contributed by atoms with van der Waals surface area (Å²) in [6.45, 7) is 2.73. The molecule has 114 valence electrons. The second-order valence-electron chi connectivity index (χ2n) is 5.46. The highest BCUT2D eigenvalue weighted by Crippen LogP contribution is 2.21. The molecule has 6 heteroatoms. The van der Waals surface area contributed by atoms with Crippen LogP contribution in [-0.2, 0) is 16.1 Å². The summed E-state index contributed by atoms with van der Waals surface area (Å²) < 4.78 is 5.24. The van der Waals surface area contributed by atoms with Gasteiger partial charge in [-0.2, -0.15) is 0 Å². The molecule has 1 N–H and O–H groups in total. The number of amides is 2. The average molecular weight is 299 g/mol. The molecule has 2 amide bonds. The van der Waals surface area contributed by atoms with Crippen LogP contribution in [0.5, 0.6) is 0 Å². The Kier molecular flexibility index (Phi) is 3.91. The van der Waals surface area contributed by atoms with Gasteiger partial charge in [-0.25, -0.2) is 4.98 Å². The molecule has 2 aromatic rings. The molecule has 3 heterocycles. The Morgan fingerprint density at radius 1 is 1.45 bits per heavy atom. The lowest BCUT2D eigenvalue weighted by atomic mass is 10.1. The van der Waals surface area contributed by atoms with E-state index in [1.54, 1.807) is 29.5 Å². The summed E-state index contributed by atoms with van der Waals surface area (Å²) in [4.78, 5) is 30.0. The van der Waals surface area contributed by atoms with Gasteiger partial charge in [0.1, 0.15) is 11.6 Å². The average Bonchev–Trinajstić information content (AvgIpc) is 3.13. The minimum absolute atomic E-state index is 0.0339. The molecule has 0 aliphatic carbocycles. The topological polar surface area (TPSA) is 75.4 Å². The van der Waals surface area contributed by atoms with Crippen molar-refractivity contribution in [2.75, 3.05) is 11.9 Å². The minimum atomic E-state index is -0.356. The van der Waals surface area contributed by atoms with Gasteiger partial charge in [0.2, 0.25) is 11.8 Å². The number of nitrogens with zero attached hydrogens (tertiary/aromatic N) is 2. The fraction of sp³-hybridized carbons (Fsp3) is 0.312. The zero-order valence-corrected chi connectivity index (χ0v) is 12.3. The zero-order valence-electron chi connectivity index (χ0n) is 12.3. The fourth-order valence-corrected chi connectivity index (χ4v) is 2.46. The largest absolute Gasteiger partial charge is 0.467 e. The van der Waals surface area contributed by atoms with E-state index in [9.17, 15) is 9.59 Å². The number of nitrogens with one attached hydrogen (secondary N) is 1. The van der Waals surface area contributed by atoms with E-state index in [4.69, 9.17) is 4.42 Å². The molecule has 1 aliphatic rings. The molecule has 0 spiro atoms. The lowest BCUT2D eigenvalue weighted by Crippen LogP contribution is -2.28. The van der Waals surface area contributed by atoms with Crippen LogP contribution in [0.3, 0.4) is 0 Å². The molecule has 0 radical (unpaired) electrons. The summed E-state index contributed by atoms with van der Waals surface area (Å²) in [5.41, 5.74) is 1.03. The molecule has 0 bridgehead atoms. The van der Waals surface area contributed by atoms with Crippen molar-refractivity contribution < 1.29 is 14.0 Å². The SMILES string of the molecule is Cc1ccc(NC(=O)[C@H]2CC(=O)N(Cc3ccco3)C2)nc1. The van der Waals surface area contributed by atoms with Crippen LogP contribution < -0.4 is 5.32 Å². The number of anilines is 1. The number of hydrogen-bond donors (Lipinski definition) is 1. The Morgan fingerprint density at radius 2 is 2.32 bits per heavy atom. The van der Waals surface area contributed by atoms with Crippen LogP contribution in [0.25, 0.3) is 0 Å². The number of hydrogen-bond acceptors (Lipinski definition) is 4. The van der Waals surface area contributed by atoms with Crippen LogP contribution in [0.2, 0.25) is 0 Å². The molecule has 1 aliphatic heterocycles. The van der Waals surface area contributed by atoms with Gasteiger partial charge in [-0.3, -0.25) is 9.59 Å². The highest BCUT2D eigenvalue weighted by molar-refractivity contribution is 5.96. The molecule has 22 heavy (non-hydrogen) atoms. The number of carbonyl (C=O) groups is 2. The first-order chi connectivity index (χ1) is 10.6. The summed E-state index contributed by atoms with van der Waals surface area (Å²) in [7, 11) is 0. The number of pyridine rings is 1. The van der Waals surface area contributed by atoms with E-state index in [1.807, 2.05) is 19.1 Å². The van der Waals surface area contributed by atoms with Crippen LogP contribution >= 0.6 is 0 Å². The summed E-state index contributed by atoms with van der Waals surface area (Å²) in [5, 5.41) is 2.76. The fourth-order valence-electron chi connectivity index (χ4n) is 2.46. The van der Waals surface area contributed by atoms with Gasteiger partial charge >= 0.3 is 0 Å². The van der Waals surface area contributed by atoms with E-state index in [-0.39, 0.29) is 24.2 Å². The first-order valence-corrected chi connectivity index (χ1v) is 7.15. The second-order valence-corrected chi connectivity index (χ2v) is 5.46. The number of furan rings is 1. The molecular weight excluding hydrogens is 282 g/mol. The van der Waals surface area contributed by atoms with Crippen LogP contribution in [0.4, 0.5) is 5.82 Å². The van der Waals surface area contributed by atoms with Gasteiger partial charge < -0.3 is 14.6 Å². The van der Waals surface area contributed by atoms with Crippen molar-refractivity contribution in [2.45, 2.75) is 19.9 Å². The number of aromatic nitrogens is 1. The molecule has 0 aromatic carbocycles. The van der Waals surface area contributed by atoms with E-state index in [2.05, 4.69) is 10.3 Å². The van der Waals surface area contributed by atoms with Gasteiger partial charge in [-0.1, -0.05) is 6.07 Å². The van der Waals surface area contributed by atoms with E-state index in [1.165, 1.54) is 0 Å². The van der Waals surface area contributed by atoms with Gasteiger partial charge in [0.15, 0.2) is 0 Å². The van der Waals surface area contributed by atoms with Crippen LogP contribution in [0.15, 0.2) is 41.1 Å². The molecule has 2 aromatic heterocycles. The summed E-state index contributed by atoms with van der Waals surface area (Å²) in [6, 6.07) is 7.23. The quantitative estimate of drug-likeness (QED) is 0.936. The monoisotopic (exact) mass is 299 g/mol. The molecule has 1 atom stereocenters. The normalized spacial score (nSPS) is 17.8. The maximum atomic E-state index is 12.2. The first-order valence-electron chi connectivity index (χ1n) is 7.15. The van der Waals surface area contributed by atoms with Crippen molar-refractivity contribution in [1.29, 1.82) is 0 Å².